The summed E-state index contributed by atoms with van der Waals surface area (Å²) in [5.41, 5.74) is 0.238. The number of rotatable bonds is 7. The first-order chi connectivity index (χ1) is 12.3. The smallest absolute Gasteiger partial charge is 0.405 e. The molecule has 2 N–H and O–H groups in total. The van der Waals surface area contributed by atoms with E-state index in [1.54, 1.807) is 17.4 Å². The average Bonchev–Trinajstić information content (AvgIpc) is 3.06. The van der Waals surface area contributed by atoms with Gasteiger partial charge in [0.1, 0.15) is 5.75 Å². The zero-order valence-corrected chi connectivity index (χ0v) is 15.2. The normalized spacial score (nSPS) is 12.7. The summed E-state index contributed by atoms with van der Waals surface area (Å²) in [6.45, 7) is 0.295. The quantitative estimate of drug-likeness (QED) is 0.761. The largest absolute Gasteiger partial charge is 0.573 e. The summed E-state index contributed by atoms with van der Waals surface area (Å²) in [4.78, 5) is 15.1. The van der Waals surface area contributed by atoms with Crippen molar-refractivity contribution in [1.82, 2.24) is 15.5 Å². The molecule has 5 nitrogen and oxygen atoms in total. The van der Waals surface area contributed by atoms with Gasteiger partial charge in [0, 0.05) is 23.5 Å². The zero-order valence-electron chi connectivity index (χ0n) is 14.3. The summed E-state index contributed by atoms with van der Waals surface area (Å²) in [5, 5.41) is 7.26. The van der Waals surface area contributed by atoms with Crippen LogP contribution in [0.2, 0.25) is 0 Å². The highest BCUT2D eigenvalue weighted by molar-refractivity contribution is 7.10. The van der Waals surface area contributed by atoms with Gasteiger partial charge < -0.3 is 20.3 Å². The molecule has 0 bridgehead atoms. The standard InChI is InChI=1S/C17H20F3N3O2S/c1-23(2)13(15-8-5-9-26-15)11-22-16(24)21-10-12-6-3-4-7-14(12)25-17(18,19)20/h3-9,13H,10-11H2,1-2H3,(H2,21,22,24)/t13-/m0/s1. The number of carbonyl (C=O) groups is 1. The first kappa shape index (κ1) is 20.1. The molecule has 9 heteroatoms. The Morgan fingerprint density at radius 2 is 1.92 bits per heavy atom. The Labute approximate surface area is 153 Å². The topological polar surface area (TPSA) is 53.6 Å². The molecule has 0 aliphatic rings. The Morgan fingerprint density at radius 1 is 1.19 bits per heavy atom. The molecule has 0 aliphatic heterocycles. The van der Waals surface area contributed by atoms with Crippen LogP contribution in [-0.4, -0.2) is 37.9 Å². The summed E-state index contributed by atoms with van der Waals surface area (Å²) in [7, 11) is 3.82. The van der Waals surface area contributed by atoms with Gasteiger partial charge in [0.15, 0.2) is 0 Å². The number of urea groups is 1. The maximum atomic E-state index is 12.4. The molecule has 2 aromatic rings. The Bertz CT molecular complexity index is 706. The lowest BCUT2D eigenvalue weighted by molar-refractivity contribution is -0.274. The summed E-state index contributed by atoms with van der Waals surface area (Å²) in [6.07, 6.45) is -4.78. The van der Waals surface area contributed by atoms with Crippen LogP contribution in [-0.2, 0) is 6.54 Å². The SMILES string of the molecule is CN(C)[C@@H](CNC(=O)NCc1ccccc1OC(F)(F)F)c1cccs1. The maximum absolute atomic E-state index is 12.4. The van der Waals surface area contributed by atoms with Gasteiger partial charge in [-0.05, 0) is 31.6 Å². The van der Waals surface area contributed by atoms with Gasteiger partial charge in [0.25, 0.3) is 0 Å². The van der Waals surface area contributed by atoms with Crippen molar-refractivity contribution in [2.75, 3.05) is 20.6 Å². The van der Waals surface area contributed by atoms with E-state index in [1.165, 1.54) is 18.2 Å². The van der Waals surface area contributed by atoms with E-state index in [9.17, 15) is 18.0 Å². The first-order valence-corrected chi connectivity index (χ1v) is 8.69. The highest BCUT2D eigenvalue weighted by Crippen LogP contribution is 2.26. The predicted molar refractivity (Wildman–Crippen MR) is 94.1 cm³/mol. The molecule has 1 heterocycles. The number of amides is 2. The number of para-hydroxylation sites is 1. The highest BCUT2D eigenvalue weighted by atomic mass is 32.1. The van der Waals surface area contributed by atoms with E-state index in [2.05, 4.69) is 15.4 Å². The molecule has 0 saturated heterocycles. The Hall–Kier alpha value is -2.26. The van der Waals surface area contributed by atoms with Crippen molar-refractivity contribution in [2.45, 2.75) is 18.9 Å². The summed E-state index contributed by atoms with van der Waals surface area (Å²) < 4.78 is 41.2. The van der Waals surface area contributed by atoms with Crippen molar-refractivity contribution in [1.29, 1.82) is 0 Å². The number of likely N-dealkylation sites (N-methyl/N-ethyl adjacent to an activating group) is 1. The molecule has 0 saturated carbocycles. The van der Waals surface area contributed by atoms with Gasteiger partial charge in [0.2, 0.25) is 0 Å². The van der Waals surface area contributed by atoms with Crippen LogP contribution in [0.25, 0.3) is 0 Å². The van der Waals surface area contributed by atoms with Crippen molar-refractivity contribution in [2.24, 2.45) is 0 Å². The number of nitrogens with zero attached hydrogens (tertiary/aromatic N) is 1. The van der Waals surface area contributed by atoms with Crippen molar-refractivity contribution in [3.63, 3.8) is 0 Å². The molecule has 0 radical (unpaired) electrons. The summed E-state index contributed by atoms with van der Waals surface area (Å²) in [6, 6.07) is 9.17. The van der Waals surface area contributed by atoms with E-state index >= 15 is 0 Å². The predicted octanol–water partition coefficient (Wildman–Crippen LogP) is 3.75. The van der Waals surface area contributed by atoms with Gasteiger partial charge in [-0.3, -0.25) is 0 Å². The molecular formula is C17H20F3N3O2S. The third-order valence-corrected chi connectivity index (χ3v) is 4.56. The molecular weight excluding hydrogens is 367 g/mol. The molecule has 2 rings (SSSR count). The van der Waals surface area contributed by atoms with Crippen molar-refractivity contribution in [3.8, 4) is 5.75 Å². The fraction of sp³-hybridized carbons (Fsp3) is 0.353. The van der Waals surface area contributed by atoms with Crippen LogP contribution in [0.1, 0.15) is 16.5 Å². The molecule has 1 aromatic carbocycles. The van der Waals surface area contributed by atoms with E-state index in [4.69, 9.17) is 0 Å². The van der Waals surface area contributed by atoms with Crippen molar-refractivity contribution in [3.05, 3.63) is 52.2 Å². The van der Waals surface area contributed by atoms with Gasteiger partial charge in [-0.2, -0.15) is 0 Å². The number of hydrogen-bond donors (Lipinski definition) is 2. The number of nitrogens with one attached hydrogen (secondary N) is 2. The molecule has 0 fully saturated rings. The van der Waals surface area contributed by atoms with Gasteiger partial charge in [-0.15, -0.1) is 24.5 Å². The van der Waals surface area contributed by atoms with Gasteiger partial charge in [-0.1, -0.05) is 24.3 Å². The van der Waals surface area contributed by atoms with Crippen LogP contribution in [0, 0.1) is 0 Å². The second kappa shape index (κ2) is 8.91. The van der Waals surface area contributed by atoms with Crippen LogP contribution in [0.4, 0.5) is 18.0 Å². The fourth-order valence-electron chi connectivity index (χ4n) is 2.32. The average molecular weight is 387 g/mol. The second-order valence-corrected chi connectivity index (χ2v) is 6.69. The molecule has 0 aliphatic carbocycles. The minimum atomic E-state index is -4.78. The Balaban J connectivity index is 1.89. The van der Waals surface area contributed by atoms with Crippen LogP contribution in [0.3, 0.4) is 0 Å². The number of ether oxygens (including phenoxy) is 1. The minimum absolute atomic E-state index is 0.0154. The number of alkyl halides is 3. The Kier molecular flexibility index (Phi) is 6.87. The van der Waals surface area contributed by atoms with Gasteiger partial charge >= 0.3 is 12.4 Å². The number of benzene rings is 1. The number of halogens is 3. The Morgan fingerprint density at radius 3 is 2.54 bits per heavy atom. The fourth-order valence-corrected chi connectivity index (χ4v) is 3.24. The van der Waals surface area contributed by atoms with Crippen LogP contribution in [0.5, 0.6) is 5.75 Å². The molecule has 0 unspecified atom stereocenters. The van der Waals surface area contributed by atoms with Gasteiger partial charge in [0.05, 0.1) is 6.04 Å². The number of hydrogen-bond acceptors (Lipinski definition) is 4. The highest BCUT2D eigenvalue weighted by Gasteiger charge is 2.32. The monoisotopic (exact) mass is 387 g/mol. The lowest BCUT2D eigenvalue weighted by Gasteiger charge is -2.23. The summed E-state index contributed by atoms with van der Waals surface area (Å²) in [5.74, 6) is -0.329. The molecule has 1 atom stereocenters. The van der Waals surface area contributed by atoms with E-state index in [1.807, 2.05) is 36.5 Å². The van der Waals surface area contributed by atoms with Crippen LogP contribution < -0.4 is 15.4 Å². The van der Waals surface area contributed by atoms with Crippen molar-refractivity contribution >= 4 is 17.4 Å². The third kappa shape index (κ3) is 6.23. The first-order valence-electron chi connectivity index (χ1n) is 7.81. The molecule has 2 amide bonds. The second-order valence-electron chi connectivity index (χ2n) is 5.71. The van der Waals surface area contributed by atoms with E-state index in [-0.39, 0.29) is 23.9 Å². The maximum Gasteiger partial charge on any atom is 0.573 e. The number of thiophene rings is 1. The van der Waals surface area contributed by atoms with E-state index in [0.29, 0.717) is 6.54 Å². The minimum Gasteiger partial charge on any atom is -0.405 e. The third-order valence-electron chi connectivity index (χ3n) is 3.59. The molecule has 0 spiro atoms. The zero-order chi connectivity index (χ0) is 19.2. The van der Waals surface area contributed by atoms with Gasteiger partial charge in [-0.25, -0.2) is 4.79 Å². The van der Waals surface area contributed by atoms with Crippen LogP contribution >= 0.6 is 11.3 Å². The molecule has 26 heavy (non-hydrogen) atoms. The molecule has 1 aromatic heterocycles. The lowest BCUT2D eigenvalue weighted by Crippen LogP contribution is -2.40. The lowest BCUT2D eigenvalue weighted by atomic mass is 10.2. The van der Waals surface area contributed by atoms with E-state index < -0.39 is 12.4 Å². The summed E-state index contributed by atoms with van der Waals surface area (Å²) >= 11 is 1.59. The van der Waals surface area contributed by atoms with Crippen molar-refractivity contribution < 1.29 is 22.7 Å². The van der Waals surface area contributed by atoms with Crippen LogP contribution in [0.15, 0.2) is 41.8 Å². The van der Waals surface area contributed by atoms with E-state index in [0.717, 1.165) is 4.88 Å². The number of carbonyl (C=O) groups excluding carboxylic acids is 1. The molecule has 142 valence electrons.